The molecule has 74 valence electrons. The minimum Gasteiger partial charge on any atom is -0.289 e. The van der Waals surface area contributed by atoms with Crippen LogP contribution in [0.25, 0.3) is 0 Å². The largest absolute Gasteiger partial charge is 0.289 e. The fourth-order valence-electron chi connectivity index (χ4n) is 1.24. The first kappa shape index (κ1) is 10.7. The molecule has 0 atom stereocenters. The molecule has 14 heavy (non-hydrogen) atoms. The number of rotatable bonds is 2. The first-order chi connectivity index (χ1) is 6.50. The molecule has 0 bridgehead atoms. The Bertz CT molecular complexity index is 382. The summed E-state index contributed by atoms with van der Waals surface area (Å²) < 4.78 is 0. The van der Waals surface area contributed by atoms with Crippen LogP contribution in [-0.2, 0) is 0 Å². The second kappa shape index (κ2) is 4.23. The monoisotopic (exact) mass is 188 g/mol. The smallest absolute Gasteiger partial charge is 0.185 e. The van der Waals surface area contributed by atoms with Crippen molar-refractivity contribution in [1.29, 1.82) is 0 Å². The van der Waals surface area contributed by atoms with Crippen LogP contribution in [0.4, 0.5) is 0 Å². The molecular formula is C13H16O. The summed E-state index contributed by atoms with van der Waals surface area (Å²) in [7, 11) is 0. The predicted octanol–water partition coefficient (Wildman–Crippen LogP) is 3.45. The lowest BCUT2D eigenvalue weighted by Gasteiger charge is -2.02. The highest BCUT2D eigenvalue weighted by Gasteiger charge is 2.03. The lowest BCUT2D eigenvalue weighted by Crippen LogP contribution is -1.96. The number of hydrogen-bond donors (Lipinski definition) is 0. The highest BCUT2D eigenvalue weighted by Crippen LogP contribution is 2.11. The number of hydrogen-bond acceptors (Lipinski definition) is 1. The highest BCUT2D eigenvalue weighted by atomic mass is 16.1. The van der Waals surface area contributed by atoms with E-state index in [0.29, 0.717) is 0 Å². The fourth-order valence-corrected chi connectivity index (χ4v) is 1.24. The molecule has 0 aliphatic carbocycles. The van der Waals surface area contributed by atoms with E-state index in [1.54, 1.807) is 6.08 Å². The molecule has 1 rings (SSSR count). The van der Waals surface area contributed by atoms with Gasteiger partial charge in [-0.05, 0) is 51.0 Å². The van der Waals surface area contributed by atoms with Gasteiger partial charge in [0.25, 0.3) is 0 Å². The Hall–Kier alpha value is -1.37. The summed E-state index contributed by atoms with van der Waals surface area (Å²) in [5.41, 5.74) is 4.19. The molecule has 0 heterocycles. The fraction of sp³-hybridized carbons (Fsp3) is 0.308. The van der Waals surface area contributed by atoms with Crippen molar-refractivity contribution in [2.24, 2.45) is 0 Å². The molecule has 0 aliphatic heterocycles. The molecule has 0 saturated heterocycles. The maximum Gasteiger partial charge on any atom is 0.185 e. The number of carbonyl (C=O) groups is 1. The first-order valence-corrected chi connectivity index (χ1v) is 4.77. The second-order valence-electron chi connectivity index (χ2n) is 3.88. The van der Waals surface area contributed by atoms with Crippen LogP contribution in [0.15, 0.2) is 29.8 Å². The van der Waals surface area contributed by atoms with E-state index in [2.05, 4.69) is 0 Å². The van der Waals surface area contributed by atoms with Crippen molar-refractivity contribution in [3.63, 3.8) is 0 Å². The molecule has 0 aliphatic rings. The van der Waals surface area contributed by atoms with E-state index < -0.39 is 0 Å². The molecule has 1 aromatic rings. The van der Waals surface area contributed by atoms with Crippen molar-refractivity contribution in [2.45, 2.75) is 27.7 Å². The van der Waals surface area contributed by atoms with E-state index in [1.165, 1.54) is 5.56 Å². The number of allylic oxidation sites excluding steroid dienone is 2. The van der Waals surface area contributed by atoms with Crippen molar-refractivity contribution in [1.82, 2.24) is 0 Å². The summed E-state index contributed by atoms with van der Waals surface area (Å²) in [4.78, 5) is 11.6. The van der Waals surface area contributed by atoms with Crippen LogP contribution in [0.3, 0.4) is 0 Å². The van der Waals surface area contributed by atoms with Gasteiger partial charge in [0, 0.05) is 5.56 Å². The van der Waals surface area contributed by atoms with Crippen LogP contribution in [0.1, 0.15) is 35.3 Å². The van der Waals surface area contributed by atoms with E-state index in [9.17, 15) is 4.79 Å². The number of ketones is 1. The third kappa shape index (κ3) is 2.56. The minimum atomic E-state index is 0.0908. The third-order valence-corrected chi connectivity index (χ3v) is 2.21. The molecule has 0 aromatic heterocycles. The summed E-state index contributed by atoms with van der Waals surface area (Å²) in [6.07, 6.45) is 1.67. The van der Waals surface area contributed by atoms with Gasteiger partial charge in [-0.25, -0.2) is 0 Å². The molecule has 0 N–H and O–H groups in total. The normalized spacial score (nSPS) is 9.71. The SMILES string of the molecule is CC(C)=CC(=O)c1ccc(C)c(C)c1. The lowest BCUT2D eigenvalue weighted by molar-refractivity contribution is 0.104. The maximum atomic E-state index is 11.6. The highest BCUT2D eigenvalue weighted by molar-refractivity contribution is 6.04. The summed E-state index contributed by atoms with van der Waals surface area (Å²) in [5.74, 6) is 0.0908. The topological polar surface area (TPSA) is 17.1 Å². The molecule has 1 nitrogen and oxygen atoms in total. The Balaban J connectivity index is 3.03. The van der Waals surface area contributed by atoms with Gasteiger partial charge in [0.1, 0.15) is 0 Å². The van der Waals surface area contributed by atoms with Crippen LogP contribution in [0, 0.1) is 13.8 Å². The maximum absolute atomic E-state index is 11.6. The summed E-state index contributed by atoms with van der Waals surface area (Å²) >= 11 is 0. The van der Waals surface area contributed by atoms with Gasteiger partial charge >= 0.3 is 0 Å². The average molecular weight is 188 g/mol. The molecule has 0 saturated carbocycles. The minimum absolute atomic E-state index is 0.0908. The van der Waals surface area contributed by atoms with Crippen molar-refractivity contribution >= 4 is 5.78 Å². The third-order valence-electron chi connectivity index (χ3n) is 2.21. The van der Waals surface area contributed by atoms with Gasteiger partial charge in [-0.2, -0.15) is 0 Å². The molecule has 0 spiro atoms. The Morgan fingerprint density at radius 1 is 1.14 bits per heavy atom. The zero-order chi connectivity index (χ0) is 10.7. The van der Waals surface area contributed by atoms with Crippen molar-refractivity contribution < 1.29 is 4.79 Å². The van der Waals surface area contributed by atoms with Crippen molar-refractivity contribution in [3.05, 3.63) is 46.5 Å². The molecular weight excluding hydrogens is 172 g/mol. The lowest BCUT2D eigenvalue weighted by atomic mass is 10.0. The zero-order valence-electron chi connectivity index (χ0n) is 9.22. The Kier molecular flexibility index (Phi) is 3.23. The quantitative estimate of drug-likeness (QED) is 0.513. The second-order valence-corrected chi connectivity index (χ2v) is 3.88. The zero-order valence-corrected chi connectivity index (χ0v) is 9.22. The van der Waals surface area contributed by atoms with Crippen LogP contribution in [-0.4, -0.2) is 5.78 Å². The van der Waals surface area contributed by atoms with E-state index in [4.69, 9.17) is 0 Å². The van der Waals surface area contributed by atoms with E-state index in [0.717, 1.165) is 16.7 Å². The van der Waals surface area contributed by atoms with Gasteiger partial charge in [-0.3, -0.25) is 4.79 Å². The average Bonchev–Trinajstić information content (AvgIpc) is 2.08. The molecule has 1 aromatic carbocycles. The van der Waals surface area contributed by atoms with E-state index in [1.807, 2.05) is 45.9 Å². The van der Waals surface area contributed by atoms with Gasteiger partial charge < -0.3 is 0 Å². The standard InChI is InChI=1S/C13H16O/c1-9(2)7-13(14)12-6-5-10(3)11(4)8-12/h5-8H,1-4H3. The Labute approximate surface area is 85.5 Å². The van der Waals surface area contributed by atoms with Crippen LogP contribution in [0.2, 0.25) is 0 Å². The van der Waals surface area contributed by atoms with Gasteiger partial charge in [-0.1, -0.05) is 17.7 Å². The number of benzene rings is 1. The molecule has 0 fully saturated rings. The Morgan fingerprint density at radius 3 is 2.29 bits per heavy atom. The van der Waals surface area contributed by atoms with Crippen LogP contribution in [0.5, 0.6) is 0 Å². The van der Waals surface area contributed by atoms with Gasteiger partial charge in [0.05, 0.1) is 0 Å². The van der Waals surface area contributed by atoms with Gasteiger partial charge in [0.15, 0.2) is 5.78 Å². The Morgan fingerprint density at radius 2 is 1.79 bits per heavy atom. The summed E-state index contributed by atoms with van der Waals surface area (Å²) in [5, 5.41) is 0. The summed E-state index contributed by atoms with van der Waals surface area (Å²) in [6.45, 7) is 7.93. The molecule has 0 unspecified atom stereocenters. The molecule has 0 amide bonds. The number of aryl methyl sites for hydroxylation is 2. The first-order valence-electron chi connectivity index (χ1n) is 4.77. The summed E-state index contributed by atoms with van der Waals surface area (Å²) in [6, 6.07) is 5.81. The van der Waals surface area contributed by atoms with E-state index in [-0.39, 0.29) is 5.78 Å². The van der Waals surface area contributed by atoms with E-state index >= 15 is 0 Å². The van der Waals surface area contributed by atoms with Crippen LogP contribution >= 0.6 is 0 Å². The van der Waals surface area contributed by atoms with Gasteiger partial charge in [-0.15, -0.1) is 0 Å². The van der Waals surface area contributed by atoms with Gasteiger partial charge in [0.2, 0.25) is 0 Å². The predicted molar refractivity (Wildman–Crippen MR) is 59.7 cm³/mol. The van der Waals surface area contributed by atoms with Crippen LogP contribution < -0.4 is 0 Å². The van der Waals surface area contributed by atoms with Crippen molar-refractivity contribution in [2.75, 3.05) is 0 Å². The molecule has 0 radical (unpaired) electrons. The molecule has 1 heteroatoms. The number of carbonyl (C=O) groups excluding carboxylic acids is 1. The van der Waals surface area contributed by atoms with Crippen molar-refractivity contribution in [3.8, 4) is 0 Å².